The van der Waals surface area contributed by atoms with Gasteiger partial charge in [-0.05, 0) is 83.9 Å². The summed E-state index contributed by atoms with van der Waals surface area (Å²) in [6, 6.07) is 74.3. The molecule has 65 heavy (non-hydrogen) atoms. The lowest BCUT2D eigenvalue weighted by Gasteiger charge is -2.16. The van der Waals surface area contributed by atoms with Gasteiger partial charge in [-0.15, -0.1) is 11.3 Å². The van der Waals surface area contributed by atoms with Gasteiger partial charge in [-0.3, -0.25) is 0 Å². The number of aromatic nitrogens is 5. The van der Waals surface area contributed by atoms with E-state index in [-0.39, 0.29) is 0 Å². The first-order valence-corrected chi connectivity index (χ1v) is 22.4. The molecule has 7 heteroatoms. The molecular weight excluding hydrogens is 813 g/mol. The van der Waals surface area contributed by atoms with E-state index in [9.17, 15) is 5.26 Å². The predicted molar refractivity (Wildman–Crippen MR) is 268 cm³/mol. The van der Waals surface area contributed by atoms with Crippen molar-refractivity contribution >= 4 is 75.1 Å². The van der Waals surface area contributed by atoms with E-state index in [0.29, 0.717) is 23.0 Å². The summed E-state index contributed by atoms with van der Waals surface area (Å²) in [4.78, 5) is 16.1. The van der Waals surface area contributed by atoms with Crippen LogP contribution in [0.25, 0.3) is 120 Å². The second-order valence-corrected chi connectivity index (χ2v) is 17.4. The highest BCUT2D eigenvalue weighted by Gasteiger charge is 2.24. The molecule has 0 N–H and O–H groups in total. The Labute approximate surface area is 377 Å². The summed E-state index contributed by atoms with van der Waals surface area (Å²) >= 11 is 1.78. The van der Waals surface area contributed by atoms with Gasteiger partial charge >= 0.3 is 0 Å². The smallest absolute Gasteiger partial charge is 0.166 e. The first-order valence-electron chi connectivity index (χ1n) is 21.6. The number of fused-ring (bicyclic) bond motifs is 10. The largest absolute Gasteiger partial charge is 0.309 e. The Bertz CT molecular complexity index is 4080. The lowest BCUT2D eigenvalue weighted by molar-refractivity contribution is 1.07. The van der Waals surface area contributed by atoms with Gasteiger partial charge in [0.15, 0.2) is 17.5 Å². The number of hydrogen-bond acceptors (Lipinski definition) is 5. The van der Waals surface area contributed by atoms with E-state index in [4.69, 9.17) is 15.0 Å². The molecule has 0 radical (unpaired) electrons. The molecule has 0 unspecified atom stereocenters. The van der Waals surface area contributed by atoms with Gasteiger partial charge in [0.2, 0.25) is 0 Å². The summed E-state index contributed by atoms with van der Waals surface area (Å²) in [5.41, 5.74) is 11.4. The van der Waals surface area contributed by atoms with Crippen LogP contribution in [0.2, 0.25) is 0 Å². The summed E-state index contributed by atoms with van der Waals surface area (Å²) in [6.07, 6.45) is 0. The molecule has 0 spiro atoms. The maximum absolute atomic E-state index is 10.5. The van der Waals surface area contributed by atoms with Crippen molar-refractivity contribution in [3.8, 4) is 62.7 Å². The predicted octanol–water partition coefficient (Wildman–Crippen LogP) is 15.0. The zero-order chi connectivity index (χ0) is 43.0. The molecule has 6 nitrogen and oxygen atoms in total. The second-order valence-electron chi connectivity index (χ2n) is 16.3. The number of nitriles is 1. The first kappa shape index (κ1) is 36.9. The van der Waals surface area contributed by atoms with E-state index in [0.717, 1.165) is 88.2 Å². The Balaban J connectivity index is 1.13. The van der Waals surface area contributed by atoms with E-state index in [1.807, 2.05) is 24.3 Å². The fraction of sp³-hybridized carbons (Fsp3) is 0. The third-order valence-electron chi connectivity index (χ3n) is 12.6. The highest BCUT2D eigenvalue weighted by molar-refractivity contribution is 7.25. The third-order valence-corrected chi connectivity index (χ3v) is 13.8. The van der Waals surface area contributed by atoms with E-state index < -0.39 is 0 Å². The van der Waals surface area contributed by atoms with E-state index in [1.54, 1.807) is 11.3 Å². The Morgan fingerprint density at radius 2 is 1.03 bits per heavy atom. The third kappa shape index (κ3) is 5.82. The van der Waals surface area contributed by atoms with Gasteiger partial charge in [-0.25, -0.2) is 15.0 Å². The van der Waals surface area contributed by atoms with E-state index >= 15 is 0 Å². The van der Waals surface area contributed by atoms with Gasteiger partial charge in [0.1, 0.15) is 0 Å². The Morgan fingerprint density at radius 1 is 0.400 bits per heavy atom. The summed E-state index contributed by atoms with van der Waals surface area (Å²) in [5.74, 6) is 1.57. The van der Waals surface area contributed by atoms with Gasteiger partial charge < -0.3 is 9.13 Å². The zero-order valence-electron chi connectivity index (χ0n) is 34.7. The van der Waals surface area contributed by atoms with Crippen molar-refractivity contribution in [2.45, 2.75) is 0 Å². The highest BCUT2D eigenvalue weighted by atomic mass is 32.1. The number of hydrogen-bond donors (Lipinski definition) is 0. The van der Waals surface area contributed by atoms with E-state index in [2.05, 4.69) is 197 Å². The fourth-order valence-corrected chi connectivity index (χ4v) is 10.8. The zero-order valence-corrected chi connectivity index (χ0v) is 35.5. The lowest BCUT2D eigenvalue weighted by Crippen LogP contribution is -2.04. The SMILES string of the molecule is N#Cc1ccc(-n2c3ccccc3c3ccc4c(c5ccccc5n4-c4ccccc4)c32)c(-c2nc(-c3ccc4sc5ccccc5c4c3)nc(-c3ccccc3-c3ccccc3)n2)c1. The molecule has 0 atom stereocenters. The van der Waals surface area contributed by atoms with Crippen molar-refractivity contribution in [3.05, 3.63) is 212 Å². The number of thiophene rings is 1. The van der Waals surface area contributed by atoms with Crippen LogP contribution >= 0.6 is 11.3 Å². The first-order chi connectivity index (χ1) is 32.2. The fourth-order valence-electron chi connectivity index (χ4n) is 9.75. The van der Waals surface area contributed by atoms with Crippen LogP contribution in [0.15, 0.2) is 206 Å². The lowest BCUT2D eigenvalue weighted by atomic mass is 9.99. The van der Waals surface area contributed by atoms with Crippen molar-refractivity contribution in [3.63, 3.8) is 0 Å². The number of benzene rings is 9. The molecule has 0 amide bonds. The molecule has 4 heterocycles. The maximum atomic E-state index is 10.5. The Morgan fingerprint density at radius 3 is 1.83 bits per heavy atom. The molecule has 13 aromatic rings. The molecule has 0 bridgehead atoms. The minimum atomic E-state index is 0.472. The molecule has 0 aliphatic carbocycles. The molecular formula is C58H34N6S. The van der Waals surface area contributed by atoms with Crippen LogP contribution in [0.1, 0.15) is 5.56 Å². The molecule has 13 rings (SSSR count). The average Bonchev–Trinajstić information content (AvgIpc) is 4.04. The topological polar surface area (TPSA) is 72.3 Å². The molecule has 0 aliphatic rings. The van der Waals surface area contributed by atoms with Crippen LogP contribution in [-0.2, 0) is 0 Å². The van der Waals surface area contributed by atoms with Crippen LogP contribution < -0.4 is 0 Å². The minimum Gasteiger partial charge on any atom is -0.309 e. The average molecular weight is 847 g/mol. The summed E-state index contributed by atoms with van der Waals surface area (Å²) in [6.45, 7) is 0. The summed E-state index contributed by atoms with van der Waals surface area (Å²) in [7, 11) is 0. The van der Waals surface area contributed by atoms with Crippen LogP contribution in [0.4, 0.5) is 0 Å². The molecule has 9 aromatic carbocycles. The van der Waals surface area contributed by atoms with Crippen LogP contribution in [0.3, 0.4) is 0 Å². The molecule has 0 saturated carbocycles. The van der Waals surface area contributed by atoms with Crippen molar-refractivity contribution < 1.29 is 0 Å². The number of para-hydroxylation sites is 3. The minimum absolute atomic E-state index is 0.472. The van der Waals surface area contributed by atoms with Gasteiger partial charge in [0.25, 0.3) is 0 Å². The molecule has 302 valence electrons. The van der Waals surface area contributed by atoms with Crippen molar-refractivity contribution in [1.29, 1.82) is 5.26 Å². The highest BCUT2D eigenvalue weighted by Crippen LogP contribution is 2.44. The monoisotopic (exact) mass is 846 g/mol. The van der Waals surface area contributed by atoms with Crippen LogP contribution in [0, 0.1) is 11.3 Å². The molecule has 0 aliphatic heterocycles. The molecule has 0 saturated heterocycles. The van der Waals surface area contributed by atoms with Crippen LogP contribution in [-0.4, -0.2) is 24.1 Å². The Kier molecular flexibility index (Phi) is 8.35. The molecule has 0 fully saturated rings. The van der Waals surface area contributed by atoms with Gasteiger partial charge in [-0.1, -0.05) is 133 Å². The number of rotatable bonds is 6. The molecule has 4 aromatic heterocycles. The quantitative estimate of drug-likeness (QED) is 0.167. The van der Waals surface area contributed by atoms with Gasteiger partial charge in [0.05, 0.1) is 39.4 Å². The Hall–Kier alpha value is -8.70. The van der Waals surface area contributed by atoms with Crippen molar-refractivity contribution in [2.24, 2.45) is 0 Å². The van der Waals surface area contributed by atoms with Gasteiger partial charge in [0, 0.05) is 64.1 Å². The van der Waals surface area contributed by atoms with E-state index in [1.165, 1.54) is 14.8 Å². The number of nitrogens with zero attached hydrogens (tertiary/aromatic N) is 6. The second kappa shape index (κ2) is 14.7. The standard InChI is InChI=1S/C58H34N6S/c59-35-36-27-30-50(64-48-24-12-9-20-41(48)43-29-31-51-54(55(43)64)45-23-10-13-25-49(45)63(51)39-17-5-2-6-18-39)47(33-36)58-61-56(38-28-32-53-46(34-38)42-21-11-14-26-52(42)65-53)60-57(62-58)44-22-8-7-19-40(44)37-15-3-1-4-16-37/h1-34H. The van der Waals surface area contributed by atoms with Crippen molar-refractivity contribution in [2.75, 3.05) is 0 Å². The normalized spacial score (nSPS) is 11.7. The summed E-state index contributed by atoms with van der Waals surface area (Å²) in [5, 5.41) is 17.4. The summed E-state index contributed by atoms with van der Waals surface area (Å²) < 4.78 is 7.15. The van der Waals surface area contributed by atoms with Gasteiger partial charge in [-0.2, -0.15) is 5.26 Å². The van der Waals surface area contributed by atoms with Crippen molar-refractivity contribution in [1.82, 2.24) is 24.1 Å². The van der Waals surface area contributed by atoms with Crippen LogP contribution in [0.5, 0.6) is 0 Å². The maximum Gasteiger partial charge on any atom is 0.166 e.